The molecule has 0 saturated carbocycles. The zero-order valence-corrected chi connectivity index (χ0v) is 11.6. The van der Waals surface area contributed by atoms with Gasteiger partial charge in [0.05, 0.1) is 4.90 Å². The molecule has 0 N–H and O–H groups in total. The van der Waals surface area contributed by atoms with E-state index in [1.54, 1.807) is 28.2 Å². The molecule has 1 aromatic carbocycles. The van der Waals surface area contributed by atoms with Crippen LogP contribution in [0.25, 0.3) is 0 Å². The third-order valence-electron chi connectivity index (χ3n) is 3.01. The van der Waals surface area contributed by atoms with Gasteiger partial charge in [0, 0.05) is 18.0 Å². The highest BCUT2D eigenvalue weighted by atomic mass is 32.2. The summed E-state index contributed by atoms with van der Waals surface area (Å²) < 4.78 is 26.2. The highest BCUT2D eigenvalue weighted by Gasteiger charge is 2.25. The van der Waals surface area contributed by atoms with Crippen molar-refractivity contribution in [3.8, 4) is 0 Å². The predicted octanol–water partition coefficient (Wildman–Crippen LogP) is 2.58. The second-order valence-electron chi connectivity index (χ2n) is 4.14. The lowest BCUT2D eigenvalue weighted by Gasteiger charge is -2.25. The van der Waals surface area contributed by atoms with Crippen molar-refractivity contribution < 1.29 is 8.42 Å². The van der Waals surface area contributed by atoms with Crippen molar-refractivity contribution in [2.75, 3.05) is 19.3 Å². The summed E-state index contributed by atoms with van der Waals surface area (Å²) >= 11 is 1.62. The molecule has 0 bridgehead atoms. The molecular formula is C12H17NO2S2. The minimum Gasteiger partial charge on any atom is -0.207 e. The van der Waals surface area contributed by atoms with Crippen LogP contribution in [-0.4, -0.2) is 32.1 Å². The summed E-state index contributed by atoms with van der Waals surface area (Å²) in [5.41, 5.74) is 0. The summed E-state index contributed by atoms with van der Waals surface area (Å²) in [6.45, 7) is 1.32. The summed E-state index contributed by atoms with van der Waals surface area (Å²) in [6, 6.07) is 7.13. The third-order valence-corrected chi connectivity index (χ3v) is 5.67. The van der Waals surface area contributed by atoms with E-state index in [4.69, 9.17) is 0 Å². The van der Waals surface area contributed by atoms with E-state index in [1.807, 2.05) is 18.4 Å². The Kier molecular flexibility index (Phi) is 4.12. The largest absolute Gasteiger partial charge is 0.243 e. The van der Waals surface area contributed by atoms with E-state index in [0.29, 0.717) is 18.0 Å². The smallest absolute Gasteiger partial charge is 0.207 e. The Bertz CT molecular complexity index is 462. The zero-order chi connectivity index (χ0) is 12.3. The molecule has 0 radical (unpaired) electrons. The summed E-state index contributed by atoms with van der Waals surface area (Å²) in [4.78, 5) is 1.50. The van der Waals surface area contributed by atoms with Gasteiger partial charge < -0.3 is 0 Å². The highest BCUT2D eigenvalue weighted by molar-refractivity contribution is 7.98. The molecule has 2 rings (SSSR count). The lowest BCUT2D eigenvalue weighted by Crippen LogP contribution is -2.35. The van der Waals surface area contributed by atoms with Crippen LogP contribution in [0.3, 0.4) is 0 Å². The average Bonchev–Trinajstić information content (AvgIpc) is 2.40. The lowest BCUT2D eigenvalue weighted by molar-refractivity contribution is 0.346. The van der Waals surface area contributed by atoms with Crippen LogP contribution in [0.1, 0.15) is 19.3 Å². The number of hydrogen-bond acceptors (Lipinski definition) is 3. The van der Waals surface area contributed by atoms with Crippen LogP contribution >= 0.6 is 11.8 Å². The molecule has 1 heterocycles. The van der Waals surface area contributed by atoms with E-state index < -0.39 is 10.0 Å². The van der Waals surface area contributed by atoms with Gasteiger partial charge >= 0.3 is 0 Å². The number of hydrogen-bond donors (Lipinski definition) is 0. The highest BCUT2D eigenvalue weighted by Crippen LogP contribution is 2.22. The summed E-state index contributed by atoms with van der Waals surface area (Å²) in [7, 11) is -3.26. The molecule has 0 unspecified atom stereocenters. The Hall–Kier alpha value is -0.520. The fraction of sp³-hybridized carbons (Fsp3) is 0.500. The van der Waals surface area contributed by atoms with Crippen LogP contribution < -0.4 is 0 Å². The van der Waals surface area contributed by atoms with E-state index in [2.05, 4.69) is 0 Å². The van der Waals surface area contributed by atoms with Gasteiger partial charge in [-0.25, -0.2) is 8.42 Å². The van der Waals surface area contributed by atoms with E-state index >= 15 is 0 Å². The van der Waals surface area contributed by atoms with Crippen LogP contribution in [-0.2, 0) is 10.0 Å². The van der Waals surface area contributed by atoms with Crippen LogP contribution in [0.5, 0.6) is 0 Å². The molecule has 3 nitrogen and oxygen atoms in total. The van der Waals surface area contributed by atoms with Gasteiger partial charge in [-0.3, -0.25) is 0 Å². The normalized spacial score (nSPS) is 18.2. The maximum absolute atomic E-state index is 12.3. The van der Waals surface area contributed by atoms with Crippen molar-refractivity contribution in [1.29, 1.82) is 0 Å². The third kappa shape index (κ3) is 2.84. The molecule has 1 aliphatic heterocycles. The second-order valence-corrected chi connectivity index (χ2v) is 6.96. The van der Waals surface area contributed by atoms with Crippen LogP contribution in [0.15, 0.2) is 34.1 Å². The van der Waals surface area contributed by atoms with E-state index in [0.717, 1.165) is 24.2 Å². The molecule has 0 aliphatic carbocycles. The van der Waals surface area contributed by atoms with Gasteiger partial charge in [0.2, 0.25) is 10.0 Å². The number of thioether (sulfide) groups is 1. The zero-order valence-electron chi connectivity index (χ0n) is 9.93. The quantitative estimate of drug-likeness (QED) is 0.793. The Morgan fingerprint density at radius 3 is 2.18 bits per heavy atom. The fourth-order valence-corrected chi connectivity index (χ4v) is 3.93. The Morgan fingerprint density at radius 1 is 1.06 bits per heavy atom. The number of nitrogens with zero attached hydrogens (tertiary/aromatic N) is 1. The molecule has 1 fully saturated rings. The molecular weight excluding hydrogens is 254 g/mol. The van der Waals surface area contributed by atoms with Crippen LogP contribution in [0.4, 0.5) is 0 Å². The Labute approximate surface area is 107 Å². The van der Waals surface area contributed by atoms with Crippen molar-refractivity contribution in [3.05, 3.63) is 24.3 Å². The molecule has 0 aromatic heterocycles. The fourth-order valence-electron chi connectivity index (χ4n) is 2.00. The predicted molar refractivity (Wildman–Crippen MR) is 70.8 cm³/mol. The first-order chi connectivity index (χ1) is 8.14. The maximum atomic E-state index is 12.3. The van der Waals surface area contributed by atoms with Gasteiger partial charge in [-0.1, -0.05) is 6.42 Å². The number of rotatable bonds is 3. The molecule has 0 spiro atoms. The molecule has 1 saturated heterocycles. The molecule has 0 atom stereocenters. The van der Waals surface area contributed by atoms with Gasteiger partial charge in [0.15, 0.2) is 0 Å². The van der Waals surface area contributed by atoms with Crippen molar-refractivity contribution >= 4 is 21.8 Å². The first-order valence-corrected chi connectivity index (χ1v) is 8.45. The van der Waals surface area contributed by atoms with Gasteiger partial charge in [-0.2, -0.15) is 4.31 Å². The van der Waals surface area contributed by atoms with Gasteiger partial charge in [0.25, 0.3) is 0 Å². The van der Waals surface area contributed by atoms with Crippen molar-refractivity contribution in [2.45, 2.75) is 29.1 Å². The monoisotopic (exact) mass is 271 g/mol. The SMILES string of the molecule is CSc1ccc(S(=O)(=O)N2CCCCC2)cc1. The molecule has 94 valence electrons. The number of piperidine rings is 1. The lowest BCUT2D eigenvalue weighted by atomic mass is 10.2. The minimum absolute atomic E-state index is 0.414. The number of benzene rings is 1. The maximum Gasteiger partial charge on any atom is 0.243 e. The first-order valence-electron chi connectivity index (χ1n) is 5.79. The second kappa shape index (κ2) is 5.42. The van der Waals surface area contributed by atoms with E-state index in [-0.39, 0.29) is 0 Å². The minimum atomic E-state index is -3.26. The standard InChI is InChI=1S/C12H17NO2S2/c1-16-11-5-7-12(8-6-11)17(14,15)13-9-3-2-4-10-13/h5-8H,2-4,9-10H2,1H3. The summed E-state index contributed by atoms with van der Waals surface area (Å²) in [5.74, 6) is 0. The van der Waals surface area contributed by atoms with Crippen molar-refractivity contribution in [2.24, 2.45) is 0 Å². The molecule has 5 heteroatoms. The van der Waals surface area contributed by atoms with E-state index in [9.17, 15) is 8.42 Å². The molecule has 1 aromatic rings. The molecule has 17 heavy (non-hydrogen) atoms. The van der Waals surface area contributed by atoms with Crippen LogP contribution in [0.2, 0.25) is 0 Å². The van der Waals surface area contributed by atoms with Gasteiger partial charge in [-0.15, -0.1) is 11.8 Å². The summed E-state index contributed by atoms with van der Waals surface area (Å²) in [5, 5.41) is 0. The topological polar surface area (TPSA) is 37.4 Å². The van der Waals surface area contributed by atoms with Crippen molar-refractivity contribution in [3.63, 3.8) is 0 Å². The van der Waals surface area contributed by atoms with E-state index in [1.165, 1.54) is 0 Å². The number of sulfonamides is 1. The molecule has 1 aliphatic rings. The Morgan fingerprint density at radius 2 is 1.65 bits per heavy atom. The Balaban J connectivity index is 2.23. The summed E-state index contributed by atoms with van der Waals surface area (Å²) in [6.07, 6.45) is 5.07. The molecule has 0 amide bonds. The first kappa shape index (κ1) is 12.9. The average molecular weight is 271 g/mol. The van der Waals surface area contributed by atoms with Crippen LogP contribution in [0, 0.1) is 0 Å². The van der Waals surface area contributed by atoms with Crippen molar-refractivity contribution in [1.82, 2.24) is 4.31 Å². The van der Waals surface area contributed by atoms with Gasteiger partial charge in [0.1, 0.15) is 0 Å². The van der Waals surface area contributed by atoms with Gasteiger partial charge in [-0.05, 0) is 43.4 Å².